The Balaban J connectivity index is 1.44. The van der Waals surface area contributed by atoms with Crippen LogP contribution in [-0.4, -0.2) is 25.2 Å². The fraction of sp³-hybridized carbons (Fsp3) is 0.208. The van der Waals surface area contributed by atoms with Gasteiger partial charge >= 0.3 is 5.97 Å². The van der Waals surface area contributed by atoms with Crippen LogP contribution in [0.5, 0.6) is 0 Å². The molecule has 0 aliphatic carbocycles. The Morgan fingerprint density at radius 1 is 0.967 bits per heavy atom. The van der Waals surface area contributed by atoms with Gasteiger partial charge in [-0.2, -0.15) is 4.31 Å². The molecule has 6 heteroatoms. The third-order valence-corrected chi connectivity index (χ3v) is 7.14. The van der Waals surface area contributed by atoms with E-state index in [1.165, 1.54) is 34.1 Å². The predicted molar refractivity (Wildman–Crippen MR) is 114 cm³/mol. The van der Waals surface area contributed by atoms with Crippen LogP contribution < -0.4 is 0 Å². The Kier molecular flexibility index (Phi) is 5.70. The number of esters is 1. The zero-order valence-corrected chi connectivity index (χ0v) is 17.6. The summed E-state index contributed by atoms with van der Waals surface area (Å²) >= 11 is 0. The maximum Gasteiger partial charge on any atom is 0.338 e. The maximum absolute atomic E-state index is 13.0. The third kappa shape index (κ3) is 4.30. The molecule has 3 aromatic carbocycles. The number of aryl methyl sites for hydroxylation is 1. The Bertz CT molecular complexity index is 1170. The molecule has 0 spiro atoms. The molecule has 0 bridgehead atoms. The molecule has 0 N–H and O–H groups in total. The van der Waals surface area contributed by atoms with Crippen molar-refractivity contribution in [3.63, 3.8) is 0 Å². The van der Waals surface area contributed by atoms with Gasteiger partial charge in [-0.1, -0.05) is 54.1 Å². The first kappa shape index (κ1) is 20.3. The second kappa shape index (κ2) is 8.42. The van der Waals surface area contributed by atoms with Crippen LogP contribution in [0.3, 0.4) is 0 Å². The first-order valence-electron chi connectivity index (χ1n) is 9.83. The molecule has 1 aliphatic rings. The molecule has 5 nitrogen and oxygen atoms in total. The van der Waals surface area contributed by atoms with Gasteiger partial charge in [0.05, 0.1) is 10.5 Å². The number of benzene rings is 3. The van der Waals surface area contributed by atoms with Gasteiger partial charge in [-0.25, -0.2) is 13.2 Å². The minimum atomic E-state index is -3.63. The summed E-state index contributed by atoms with van der Waals surface area (Å²) in [4.78, 5) is 12.5. The lowest BCUT2D eigenvalue weighted by atomic mass is 10.0. The standard InChI is InChI=1S/C24H23NO4S/c1-18-5-4-6-19(15-18)17-29-24(26)21-9-11-23(12-10-21)30(27,28)25-14-13-20-7-2-3-8-22(20)16-25/h2-12,15H,13-14,16-17H2,1H3. The lowest BCUT2D eigenvalue weighted by Crippen LogP contribution is -2.35. The average Bonchev–Trinajstić information content (AvgIpc) is 2.77. The molecule has 0 saturated heterocycles. The number of sulfonamides is 1. The van der Waals surface area contributed by atoms with Crippen LogP contribution in [0.1, 0.15) is 32.6 Å². The van der Waals surface area contributed by atoms with Gasteiger partial charge in [0.2, 0.25) is 10.0 Å². The molecular formula is C24H23NO4S. The fourth-order valence-electron chi connectivity index (χ4n) is 3.62. The highest BCUT2D eigenvalue weighted by Crippen LogP contribution is 2.25. The van der Waals surface area contributed by atoms with Crippen molar-refractivity contribution in [1.82, 2.24) is 4.31 Å². The van der Waals surface area contributed by atoms with Crippen molar-refractivity contribution >= 4 is 16.0 Å². The Hall–Kier alpha value is -2.96. The SMILES string of the molecule is Cc1cccc(COC(=O)c2ccc(S(=O)(=O)N3CCc4ccccc4C3)cc2)c1. The van der Waals surface area contributed by atoms with E-state index in [1.807, 2.05) is 55.5 Å². The van der Waals surface area contributed by atoms with E-state index in [2.05, 4.69) is 0 Å². The Morgan fingerprint density at radius 3 is 2.43 bits per heavy atom. The van der Waals surface area contributed by atoms with Gasteiger partial charge in [0, 0.05) is 13.1 Å². The number of carbonyl (C=O) groups excluding carboxylic acids is 1. The normalized spacial score (nSPS) is 14.2. The molecule has 30 heavy (non-hydrogen) atoms. The molecule has 0 amide bonds. The molecule has 0 unspecified atom stereocenters. The van der Waals surface area contributed by atoms with Crippen molar-refractivity contribution in [2.45, 2.75) is 31.4 Å². The van der Waals surface area contributed by atoms with Crippen molar-refractivity contribution in [3.05, 3.63) is 101 Å². The number of nitrogens with zero attached hydrogens (tertiary/aromatic N) is 1. The molecule has 154 valence electrons. The van der Waals surface area contributed by atoms with E-state index in [4.69, 9.17) is 4.74 Å². The zero-order valence-electron chi connectivity index (χ0n) is 16.7. The van der Waals surface area contributed by atoms with Crippen molar-refractivity contribution in [2.24, 2.45) is 0 Å². The largest absolute Gasteiger partial charge is 0.457 e. The highest BCUT2D eigenvalue weighted by atomic mass is 32.2. The summed E-state index contributed by atoms with van der Waals surface area (Å²) in [6, 6.07) is 21.6. The van der Waals surface area contributed by atoms with E-state index >= 15 is 0 Å². The summed E-state index contributed by atoms with van der Waals surface area (Å²) in [6.45, 7) is 2.96. The first-order chi connectivity index (χ1) is 14.4. The summed E-state index contributed by atoms with van der Waals surface area (Å²) in [7, 11) is -3.63. The molecular weight excluding hydrogens is 398 g/mol. The van der Waals surface area contributed by atoms with Gasteiger partial charge < -0.3 is 4.74 Å². The second-order valence-corrected chi connectivity index (χ2v) is 9.38. The monoisotopic (exact) mass is 421 g/mol. The zero-order chi connectivity index (χ0) is 21.1. The molecule has 1 heterocycles. The third-order valence-electron chi connectivity index (χ3n) is 5.28. The average molecular weight is 422 g/mol. The molecule has 0 atom stereocenters. The quantitative estimate of drug-likeness (QED) is 0.582. The molecule has 0 radical (unpaired) electrons. The minimum Gasteiger partial charge on any atom is -0.457 e. The van der Waals surface area contributed by atoms with Crippen molar-refractivity contribution in [2.75, 3.05) is 6.54 Å². The number of ether oxygens (including phenoxy) is 1. The lowest BCUT2D eigenvalue weighted by Gasteiger charge is -2.28. The van der Waals surface area contributed by atoms with Crippen LogP contribution in [0.25, 0.3) is 0 Å². The smallest absolute Gasteiger partial charge is 0.338 e. The van der Waals surface area contributed by atoms with Crippen LogP contribution in [0, 0.1) is 6.92 Å². The second-order valence-electron chi connectivity index (χ2n) is 7.45. The molecule has 1 aliphatic heterocycles. The van der Waals surface area contributed by atoms with Crippen LogP contribution >= 0.6 is 0 Å². The number of hydrogen-bond donors (Lipinski definition) is 0. The van der Waals surface area contributed by atoms with Crippen LogP contribution in [0.4, 0.5) is 0 Å². The summed E-state index contributed by atoms with van der Waals surface area (Å²) in [5, 5.41) is 0. The van der Waals surface area contributed by atoms with E-state index in [0.717, 1.165) is 16.7 Å². The maximum atomic E-state index is 13.0. The summed E-state index contributed by atoms with van der Waals surface area (Å²) in [5.41, 5.74) is 4.55. The minimum absolute atomic E-state index is 0.174. The highest BCUT2D eigenvalue weighted by Gasteiger charge is 2.28. The molecule has 4 rings (SSSR count). The number of rotatable bonds is 5. The summed E-state index contributed by atoms with van der Waals surface area (Å²) in [6.07, 6.45) is 0.693. The van der Waals surface area contributed by atoms with Crippen molar-refractivity contribution in [3.8, 4) is 0 Å². The van der Waals surface area contributed by atoms with Crippen LogP contribution in [0.15, 0.2) is 77.7 Å². The highest BCUT2D eigenvalue weighted by molar-refractivity contribution is 7.89. The Morgan fingerprint density at radius 2 is 1.70 bits per heavy atom. The van der Waals surface area contributed by atoms with E-state index in [9.17, 15) is 13.2 Å². The van der Waals surface area contributed by atoms with E-state index in [1.54, 1.807) is 0 Å². The van der Waals surface area contributed by atoms with E-state index in [0.29, 0.717) is 25.1 Å². The van der Waals surface area contributed by atoms with E-state index in [-0.39, 0.29) is 11.5 Å². The summed E-state index contributed by atoms with van der Waals surface area (Å²) < 4.78 is 32.9. The van der Waals surface area contributed by atoms with E-state index < -0.39 is 16.0 Å². The van der Waals surface area contributed by atoms with Gasteiger partial charge in [-0.05, 0) is 54.3 Å². The topological polar surface area (TPSA) is 63.7 Å². The number of hydrogen-bond acceptors (Lipinski definition) is 4. The van der Waals surface area contributed by atoms with Crippen molar-refractivity contribution < 1.29 is 17.9 Å². The summed E-state index contributed by atoms with van der Waals surface area (Å²) in [5.74, 6) is -0.479. The van der Waals surface area contributed by atoms with Gasteiger partial charge in [0.25, 0.3) is 0 Å². The fourth-order valence-corrected chi connectivity index (χ4v) is 5.04. The van der Waals surface area contributed by atoms with Crippen LogP contribution in [-0.2, 0) is 34.3 Å². The van der Waals surface area contributed by atoms with Crippen molar-refractivity contribution in [1.29, 1.82) is 0 Å². The lowest BCUT2D eigenvalue weighted by molar-refractivity contribution is 0.0472. The van der Waals surface area contributed by atoms with Gasteiger partial charge in [0.1, 0.15) is 6.61 Å². The molecule has 0 saturated carbocycles. The number of carbonyl (C=O) groups is 1. The Labute approximate surface area is 177 Å². The molecule has 0 aromatic heterocycles. The van der Waals surface area contributed by atoms with Gasteiger partial charge in [-0.15, -0.1) is 0 Å². The number of fused-ring (bicyclic) bond motifs is 1. The first-order valence-corrected chi connectivity index (χ1v) is 11.3. The predicted octanol–water partition coefficient (Wildman–Crippen LogP) is 4.10. The van der Waals surface area contributed by atoms with Gasteiger partial charge in [-0.3, -0.25) is 0 Å². The van der Waals surface area contributed by atoms with Gasteiger partial charge in [0.15, 0.2) is 0 Å². The molecule has 0 fully saturated rings. The van der Waals surface area contributed by atoms with Crippen LogP contribution in [0.2, 0.25) is 0 Å². The molecule has 3 aromatic rings.